The molecular weight excluding hydrogens is 200 g/mol. The van der Waals surface area contributed by atoms with Crippen molar-refractivity contribution in [1.82, 2.24) is 9.80 Å². The van der Waals surface area contributed by atoms with Gasteiger partial charge in [0.1, 0.15) is 0 Å². The highest BCUT2D eigenvalue weighted by molar-refractivity contribution is 5.77. The summed E-state index contributed by atoms with van der Waals surface area (Å²) in [5, 5.41) is 7.42. The third-order valence-electron chi connectivity index (χ3n) is 3.72. The summed E-state index contributed by atoms with van der Waals surface area (Å²) < 4.78 is 0. The fourth-order valence-electron chi connectivity index (χ4n) is 2.53. The maximum atomic E-state index is 7.42. The van der Waals surface area contributed by atoms with Crippen molar-refractivity contribution in [3.63, 3.8) is 0 Å². The minimum absolute atomic E-state index is 0.318. The van der Waals surface area contributed by atoms with E-state index in [4.69, 9.17) is 11.1 Å². The van der Waals surface area contributed by atoms with E-state index in [9.17, 15) is 0 Å². The molecule has 94 valence electrons. The van der Waals surface area contributed by atoms with E-state index in [1.807, 2.05) is 0 Å². The van der Waals surface area contributed by atoms with Gasteiger partial charge in [0.25, 0.3) is 0 Å². The first kappa shape index (κ1) is 13.5. The van der Waals surface area contributed by atoms with Gasteiger partial charge in [0, 0.05) is 38.1 Å². The Morgan fingerprint density at radius 3 is 2.62 bits per heavy atom. The first-order valence-electron chi connectivity index (χ1n) is 6.35. The van der Waals surface area contributed by atoms with Crippen LogP contribution < -0.4 is 5.73 Å². The summed E-state index contributed by atoms with van der Waals surface area (Å²) in [5.41, 5.74) is 5.52. The summed E-state index contributed by atoms with van der Waals surface area (Å²) >= 11 is 0. The average molecular weight is 226 g/mol. The van der Waals surface area contributed by atoms with Crippen molar-refractivity contribution in [2.75, 3.05) is 26.7 Å². The van der Waals surface area contributed by atoms with E-state index in [0.717, 1.165) is 32.5 Å². The van der Waals surface area contributed by atoms with E-state index in [0.29, 0.717) is 17.9 Å². The van der Waals surface area contributed by atoms with Crippen LogP contribution in [0.2, 0.25) is 0 Å². The van der Waals surface area contributed by atoms with Crippen LogP contribution in [0.5, 0.6) is 0 Å². The van der Waals surface area contributed by atoms with Crippen molar-refractivity contribution >= 4 is 5.84 Å². The molecule has 2 atom stereocenters. The number of likely N-dealkylation sites (N-methyl/N-ethyl adjacent to an activating group) is 1. The Morgan fingerprint density at radius 2 is 2.12 bits per heavy atom. The van der Waals surface area contributed by atoms with Gasteiger partial charge in [-0.15, -0.1) is 0 Å². The zero-order valence-electron chi connectivity index (χ0n) is 10.9. The third kappa shape index (κ3) is 3.46. The predicted octanol–water partition coefficient (Wildman–Crippen LogP) is 1.12. The van der Waals surface area contributed by atoms with Crippen molar-refractivity contribution in [2.24, 2.45) is 5.73 Å². The number of hydrogen-bond acceptors (Lipinski definition) is 3. The largest absolute Gasteiger partial charge is 0.388 e. The fraction of sp³-hybridized carbons (Fsp3) is 0.917. The van der Waals surface area contributed by atoms with Crippen LogP contribution in [-0.4, -0.2) is 54.4 Å². The van der Waals surface area contributed by atoms with Gasteiger partial charge < -0.3 is 10.6 Å². The summed E-state index contributed by atoms with van der Waals surface area (Å²) in [5.74, 6) is 0.318. The van der Waals surface area contributed by atoms with Gasteiger partial charge >= 0.3 is 0 Å². The van der Waals surface area contributed by atoms with Gasteiger partial charge in [-0.3, -0.25) is 10.3 Å². The van der Waals surface area contributed by atoms with Crippen LogP contribution in [0.25, 0.3) is 0 Å². The Kier molecular flexibility index (Phi) is 5.22. The molecule has 0 spiro atoms. The number of nitrogens with zero attached hydrogens (tertiary/aromatic N) is 2. The molecule has 1 aliphatic heterocycles. The molecule has 2 unspecified atom stereocenters. The van der Waals surface area contributed by atoms with E-state index in [-0.39, 0.29) is 0 Å². The molecule has 0 saturated carbocycles. The molecule has 1 rings (SSSR count). The smallest absolute Gasteiger partial charge is 0.0921 e. The van der Waals surface area contributed by atoms with E-state index in [1.165, 1.54) is 6.42 Å². The summed E-state index contributed by atoms with van der Waals surface area (Å²) in [4.78, 5) is 4.95. The molecule has 0 radical (unpaired) electrons. The fourth-order valence-corrected chi connectivity index (χ4v) is 2.53. The molecule has 0 aromatic heterocycles. The lowest BCUT2D eigenvalue weighted by Crippen LogP contribution is -2.54. The molecule has 1 heterocycles. The van der Waals surface area contributed by atoms with Gasteiger partial charge in [-0.1, -0.05) is 13.8 Å². The molecule has 0 bridgehead atoms. The van der Waals surface area contributed by atoms with Gasteiger partial charge in [0.05, 0.1) is 5.84 Å². The molecule has 1 aliphatic rings. The van der Waals surface area contributed by atoms with Crippen molar-refractivity contribution < 1.29 is 0 Å². The number of nitrogens with two attached hydrogens (primary N) is 1. The molecule has 0 aliphatic carbocycles. The van der Waals surface area contributed by atoms with Crippen LogP contribution in [0.15, 0.2) is 0 Å². The molecule has 16 heavy (non-hydrogen) atoms. The summed E-state index contributed by atoms with van der Waals surface area (Å²) in [6.07, 6.45) is 3.00. The Bertz CT molecular complexity index is 229. The maximum absolute atomic E-state index is 7.42. The lowest BCUT2D eigenvalue weighted by atomic mass is 10.0. The van der Waals surface area contributed by atoms with E-state index in [1.54, 1.807) is 0 Å². The minimum atomic E-state index is 0.318. The second kappa shape index (κ2) is 6.21. The van der Waals surface area contributed by atoms with Gasteiger partial charge in [0.2, 0.25) is 0 Å². The van der Waals surface area contributed by atoms with Crippen LogP contribution in [0.1, 0.15) is 33.1 Å². The van der Waals surface area contributed by atoms with Gasteiger partial charge in [-0.25, -0.2) is 0 Å². The minimum Gasteiger partial charge on any atom is -0.388 e. The van der Waals surface area contributed by atoms with Crippen LogP contribution in [-0.2, 0) is 0 Å². The van der Waals surface area contributed by atoms with Crippen molar-refractivity contribution in [2.45, 2.75) is 45.2 Å². The second-order valence-corrected chi connectivity index (χ2v) is 4.83. The zero-order chi connectivity index (χ0) is 12.1. The highest BCUT2D eigenvalue weighted by Crippen LogP contribution is 2.16. The standard InChI is InChI=1S/C12H26N4/c1-4-10(8-12(13)14)16-7-6-15(3)11(5-2)9-16/h10-11H,4-9H2,1-3H3,(H3,13,14). The highest BCUT2D eigenvalue weighted by atomic mass is 15.3. The monoisotopic (exact) mass is 226 g/mol. The topological polar surface area (TPSA) is 56.4 Å². The van der Waals surface area contributed by atoms with Crippen molar-refractivity contribution in [3.8, 4) is 0 Å². The second-order valence-electron chi connectivity index (χ2n) is 4.83. The maximum Gasteiger partial charge on any atom is 0.0921 e. The lowest BCUT2D eigenvalue weighted by molar-refractivity contribution is 0.0629. The van der Waals surface area contributed by atoms with Gasteiger partial charge in [-0.2, -0.15) is 0 Å². The number of rotatable bonds is 5. The van der Waals surface area contributed by atoms with E-state index < -0.39 is 0 Å². The van der Waals surface area contributed by atoms with Crippen molar-refractivity contribution in [3.05, 3.63) is 0 Å². The highest BCUT2D eigenvalue weighted by Gasteiger charge is 2.27. The van der Waals surface area contributed by atoms with E-state index >= 15 is 0 Å². The summed E-state index contributed by atoms with van der Waals surface area (Å²) in [6, 6.07) is 1.12. The molecule has 0 aromatic rings. The van der Waals surface area contributed by atoms with Crippen LogP contribution in [0, 0.1) is 5.41 Å². The lowest BCUT2D eigenvalue weighted by Gasteiger charge is -2.42. The van der Waals surface area contributed by atoms with Crippen molar-refractivity contribution in [1.29, 1.82) is 5.41 Å². The molecule has 4 heteroatoms. The number of amidine groups is 1. The molecular formula is C12H26N4. The van der Waals surface area contributed by atoms with Gasteiger partial charge in [-0.05, 0) is 19.9 Å². The Balaban J connectivity index is 2.54. The number of hydrogen-bond donors (Lipinski definition) is 2. The summed E-state index contributed by atoms with van der Waals surface area (Å²) in [7, 11) is 2.21. The molecule has 3 N–H and O–H groups in total. The normalized spacial score (nSPS) is 25.6. The van der Waals surface area contributed by atoms with Crippen LogP contribution in [0.4, 0.5) is 0 Å². The van der Waals surface area contributed by atoms with Crippen LogP contribution in [0.3, 0.4) is 0 Å². The third-order valence-corrected chi connectivity index (χ3v) is 3.72. The molecule has 0 amide bonds. The molecule has 0 aromatic carbocycles. The molecule has 1 saturated heterocycles. The quantitative estimate of drug-likeness (QED) is 0.545. The number of piperazine rings is 1. The first-order valence-corrected chi connectivity index (χ1v) is 6.35. The zero-order valence-corrected chi connectivity index (χ0v) is 10.9. The van der Waals surface area contributed by atoms with Crippen LogP contribution >= 0.6 is 0 Å². The Labute approximate surface area is 99.3 Å². The first-order chi connectivity index (χ1) is 7.58. The van der Waals surface area contributed by atoms with E-state index in [2.05, 4.69) is 30.7 Å². The molecule has 1 fully saturated rings. The Morgan fingerprint density at radius 1 is 1.44 bits per heavy atom. The Hall–Kier alpha value is -0.610. The van der Waals surface area contributed by atoms with Gasteiger partial charge in [0.15, 0.2) is 0 Å². The average Bonchev–Trinajstić information content (AvgIpc) is 2.26. The summed E-state index contributed by atoms with van der Waals surface area (Å²) in [6.45, 7) is 7.80. The SMILES string of the molecule is CCC1CN(C(CC)CC(=N)N)CCN1C. The molecule has 4 nitrogen and oxygen atoms in total. The number of nitrogens with one attached hydrogen (secondary N) is 1. The predicted molar refractivity (Wildman–Crippen MR) is 68.9 cm³/mol.